The molecule has 1 aromatic heterocycles. The molecule has 0 aromatic carbocycles. The lowest BCUT2D eigenvalue weighted by Crippen LogP contribution is -2.36. The van der Waals surface area contributed by atoms with Crippen LogP contribution in [0.3, 0.4) is 0 Å². The first kappa shape index (κ1) is 16.0. The van der Waals surface area contributed by atoms with Crippen LogP contribution in [0.2, 0.25) is 10.2 Å². The number of hydrogen-bond donors (Lipinski definition) is 0. The first-order valence-corrected chi connectivity index (χ1v) is 7.69. The summed E-state index contributed by atoms with van der Waals surface area (Å²) in [7, 11) is 3.30. The molecule has 1 saturated heterocycles. The molecular weight excluding hydrogens is 343 g/mol. The summed E-state index contributed by atoms with van der Waals surface area (Å²) in [6.07, 6.45) is 1.04. The van der Waals surface area contributed by atoms with Crippen molar-refractivity contribution in [3.8, 4) is 0 Å². The molecule has 3 rings (SSSR count). The molecule has 9 heteroatoms. The summed E-state index contributed by atoms with van der Waals surface area (Å²) >= 11 is 11.8. The largest absolute Gasteiger partial charge is 0.389 e. The number of halogens is 2. The van der Waals surface area contributed by atoms with Crippen LogP contribution in [0, 0.1) is 5.92 Å². The zero-order valence-electron chi connectivity index (χ0n) is 12.5. The van der Waals surface area contributed by atoms with E-state index in [1.54, 1.807) is 19.0 Å². The van der Waals surface area contributed by atoms with E-state index in [-0.39, 0.29) is 39.6 Å². The number of amides is 2. The van der Waals surface area contributed by atoms with E-state index in [9.17, 15) is 9.59 Å². The fourth-order valence-electron chi connectivity index (χ4n) is 2.66. The summed E-state index contributed by atoms with van der Waals surface area (Å²) in [5.74, 6) is -0.709. The fraction of sp³-hybridized carbons (Fsp3) is 0.429. The van der Waals surface area contributed by atoms with Crippen LogP contribution < -0.4 is 0 Å². The zero-order chi connectivity index (χ0) is 16.7. The molecule has 0 saturated carbocycles. The van der Waals surface area contributed by atoms with Gasteiger partial charge < -0.3 is 14.6 Å². The normalized spacial score (nSPS) is 22.4. The molecule has 0 spiro atoms. The van der Waals surface area contributed by atoms with E-state index in [2.05, 4.69) is 10.1 Å². The van der Waals surface area contributed by atoms with E-state index < -0.39 is 0 Å². The van der Waals surface area contributed by atoms with E-state index in [4.69, 9.17) is 28.0 Å². The molecule has 7 nitrogen and oxygen atoms in total. The van der Waals surface area contributed by atoms with Crippen molar-refractivity contribution < 1.29 is 14.4 Å². The van der Waals surface area contributed by atoms with Gasteiger partial charge in [0.1, 0.15) is 5.15 Å². The Bertz CT molecular complexity index is 707. The number of nitrogens with zero attached hydrogens (tertiary/aromatic N) is 4. The van der Waals surface area contributed by atoms with Crippen LogP contribution in [-0.4, -0.2) is 65.6 Å². The molecule has 2 atom stereocenters. The minimum Gasteiger partial charge on any atom is -0.389 e. The Balaban J connectivity index is 1.77. The third-order valence-corrected chi connectivity index (χ3v) is 4.39. The molecule has 23 heavy (non-hydrogen) atoms. The SMILES string of the molecule is CN(C)C(=O)C1=NO[C@@H]2CN(C(=O)c3cnc(Cl)cc3Cl)C[C@H]12. The van der Waals surface area contributed by atoms with Crippen LogP contribution in [0.15, 0.2) is 17.4 Å². The Hall–Kier alpha value is -1.86. The average molecular weight is 357 g/mol. The van der Waals surface area contributed by atoms with Gasteiger partial charge in [-0.3, -0.25) is 9.59 Å². The second kappa shape index (κ2) is 5.98. The van der Waals surface area contributed by atoms with Crippen molar-refractivity contribution in [2.24, 2.45) is 11.1 Å². The molecule has 0 radical (unpaired) electrons. The molecule has 3 heterocycles. The number of oxime groups is 1. The van der Waals surface area contributed by atoms with Crippen molar-refractivity contribution in [2.75, 3.05) is 27.2 Å². The first-order chi connectivity index (χ1) is 10.9. The van der Waals surface area contributed by atoms with Crippen LogP contribution in [0.1, 0.15) is 10.4 Å². The lowest BCUT2D eigenvalue weighted by atomic mass is 10.00. The lowest BCUT2D eigenvalue weighted by Gasteiger charge is -2.18. The van der Waals surface area contributed by atoms with Gasteiger partial charge in [0.05, 0.1) is 23.0 Å². The molecule has 1 aromatic rings. The molecule has 0 aliphatic carbocycles. The zero-order valence-corrected chi connectivity index (χ0v) is 14.0. The van der Waals surface area contributed by atoms with E-state index in [0.717, 1.165) is 0 Å². The van der Waals surface area contributed by atoms with Gasteiger partial charge in [-0.05, 0) is 6.07 Å². The van der Waals surface area contributed by atoms with Gasteiger partial charge in [0.2, 0.25) is 0 Å². The van der Waals surface area contributed by atoms with Gasteiger partial charge in [0.25, 0.3) is 11.8 Å². The second-order valence-electron chi connectivity index (χ2n) is 5.62. The molecule has 0 bridgehead atoms. The number of carbonyl (C=O) groups excluding carboxylic acids is 2. The van der Waals surface area contributed by atoms with Crippen LogP contribution in [-0.2, 0) is 9.63 Å². The maximum atomic E-state index is 12.6. The van der Waals surface area contributed by atoms with E-state index in [0.29, 0.717) is 18.8 Å². The third kappa shape index (κ3) is 2.86. The summed E-state index contributed by atoms with van der Waals surface area (Å²) in [6, 6.07) is 1.42. The highest BCUT2D eigenvalue weighted by molar-refractivity contribution is 6.40. The minimum atomic E-state index is -0.308. The van der Waals surface area contributed by atoms with E-state index >= 15 is 0 Å². The lowest BCUT2D eigenvalue weighted by molar-refractivity contribution is -0.122. The second-order valence-corrected chi connectivity index (χ2v) is 6.42. The Kier molecular flexibility index (Phi) is 4.16. The third-order valence-electron chi connectivity index (χ3n) is 3.87. The summed E-state index contributed by atoms with van der Waals surface area (Å²) < 4.78 is 0. The predicted molar refractivity (Wildman–Crippen MR) is 84.7 cm³/mol. The van der Waals surface area contributed by atoms with Gasteiger partial charge in [-0.15, -0.1) is 0 Å². The molecule has 122 valence electrons. The number of aromatic nitrogens is 1. The summed E-state index contributed by atoms with van der Waals surface area (Å²) in [5, 5.41) is 4.33. The Labute approximate surface area is 142 Å². The maximum Gasteiger partial charge on any atom is 0.271 e. The van der Waals surface area contributed by atoms with Crippen LogP contribution in [0.5, 0.6) is 0 Å². The average Bonchev–Trinajstić information content (AvgIpc) is 3.05. The quantitative estimate of drug-likeness (QED) is 0.748. The van der Waals surface area contributed by atoms with Crippen molar-refractivity contribution in [3.63, 3.8) is 0 Å². The molecule has 1 fully saturated rings. The smallest absolute Gasteiger partial charge is 0.271 e. The number of rotatable bonds is 2. The topological polar surface area (TPSA) is 75.1 Å². The van der Waals surface area contributed by atoms with Crippen molar-refractivity contribution in [2.45, 2.75) is 6.10 Å². The Morgan fingerprint density at radius 2 is 2.09 bits per heavy atom. The highest BCUT2D eigenvalue weighted by atomic mass is 35.5. The molecule has 2 aliphatic rings. The van der Waals surface area contributed by atoms with Gasteiger partial charge in [-0.1, -0.05) is 28.4 Å². The standard InChI is InChI=1S/C14H14Cl2N4O3/c1-19(2)14(22)12-8-5-20(6-10(8)23-18-12)13(21)7-4-17-11(16)3-9(7)15/h3-4,8,10H,5-6H2,1-2H3/t8-,10+/m0/s1. The molecule has 0 N–H and O–H groups in total. The monoisotopic (exact) mass is 356 g/mol. The van der Waals surface area contributed by atoms with Crippen LogP contribution in [0.4, 0.5) is 0 Å². The number of carbonyl (C=O) groups is 2. The van der Waals surface area contributed by atoms with Crippen molar-refractivity contribution in [1.82, 2.24) is 14.8 Å². The summed E-state index contributed by atoms with van der Waals surface area (Å²) in [5.41, 5.74) is 0.615. The number of fused-ring (bicyclic) bond motifs is 1. The van der Waals surface area contributed by atoms with E-state index in [1.807, 2.05) is 0 Å². The number of likely N-dealkylation sites (tertiary alicyclic amines) is 1. The van der Waals surface area contributed by atoms with Crippen LogP contribution >= 0.6 is 23.2 Å². The van der Waals surface area contributed by atoms with Crippen molar-refractivity contribution in [1.29, 1.82) is 0 Å². The van der Waals surface area contributed by atoms with Gasteiger partial charge in [0, 0.05) is 26.8 Å². The Morgan fingerprint density at radius 1 is 1.35 bits per heavy atom. The number of hydrogen-bond acceptors (Lipinski definition) is 5. The minimum absolute atomic E-state index is 0.210. The van der Waals surface area contributed by atoms with Crippen molar-refractivity contribution >= 4 is 40.7 Å². The molecule has 2 aliphatic heterocycles. The molecule has 2 amide bonds. The van der Waals surface area contributed by atoms with Gasteiger partial charge >= 0.3 is 0 Å². The fourth-order valence-corrected chi connectivity index (χ4v) is 3.11. The van der Waals surface area contributed by atoms with E-state index in [1.165, 1.54) is 17.2 Å². The highest BCUT2D eigenvalue weighted by Crippen LogP contribution is 2.30. The van der Waals surface area contributed by atoms with Crippen LogP contribution in [0.25, 0.3) is 0 Å². The predicted octanol–water partition coefficient (Wildman–Crippen LogP) is 1.30. The summed E-state index contributed by atoms with van der Waals surface area (Å²) in [4.78, 5) is 36.9. The highest BCUT2D eigenvalue weighted by Gasteiger charge is 2.46. The van der Waals surface area contributed by atoms with Crippen molar-refractivity contribution in [3.05, 3.63) is 28.0 Å². The number of pyridine rings is 1. The van der Waals surface area contributed by atoms with Gasteiger partial charge in [-0.25, -0.2) is 4.98 Å². The first-order valence-electron chi connectivity index (χ1n) is 6.94. The van der Waals surface area contributed by atoms with Gasteiger partial charge in [-0.2, -0.15) is 0 Å². The Morgan fingerprint density at radius 3 is 2.74 bits per heavy atom. The maximum absolute atomic E-state index is 12.6. The van der Waals surface area contributed by atoms with Gasteiger partial charge in [0.15, 0.2) is 11.8 Å². The molecular formula is C14H14Cl2N4O3. The molecule has 0 unspecified atom stereocenters. The summed E-state index contributed by atoms with van der Waals surface area (Å²) in [6.45, 7) is 0.692.